The summed E-state index contributed by atoms with van der Waals surface area (Å²) in [6, 6.07) is 0.0393. The number of aryl methyl sites for hydroxylation is 2. The standard InChI is InChI=1S/C14H18N6O/c1-8(2)11(13-15-5-6-20(13)4)18-12-10-9(3)19-21-14(10)17-7-16-12/h5-8,11H,1-4H3,(H,16,17,18)/t11-/m0/s1. The van der Waals surface area contributed by atoms with Gasteiger partial charge in [-0.2, -0.15) is 4.98 Å². The number of fused-ring (bicyclic) bond motifs is 1. The molecule has 0 aromatic carbocycles. The molecule has 0 aliphatic rings. The fourth-order valence-electron chi connectivity index (χ4n) is 2.39. The number of anilines is 1. The topological polar surface area (TPSA) is 81.7 Å². The first-order valence-electron chi connectivity index (χ1n) is 6.88. The lowest BCUT2D eigenvalue weighted by Crippen LogP contribution is -2.21. The second kappa shape index (κ2) is 5.16. The molecule has 0 bridgehead atoms. The van der Waals surface area contributed by atoms with Crippen molar-refractivity contribution in [2.24, 2.45) is 13.0 Å². The maximum absolute atomic E-state index is 5.18. The number of nitrogens with zero attached hydrogens (tertiary/aromatic N) is 5. The second-order valence-electron chi connectivity index (χ2n) is 5.43. The molecule has 0 fully saturated rings. The summed E-state index contributed by atoms with van der Waals surface area (Å²) in [7, 11) is 1.99. The molecule has 7 nitrogen and oxygen atoms in total. The highest BCUT2D eigenvalue weighted by atomic mass is 16.5. The molecular formula is C14H18N6O. The van der Waals surface area contributed by atoms with Crippen LogP contribution in [0, 0.1) is 12.8 Å². The quantitative estimate of drug-likeness (QED) is 0.793. The predicted molar refractivity (Wildman–Crippen MR) is 78.7 cm³/mol. The van der Waals surface area contributed by atoms with E-state index in [1.165, 1.54) is 6.33 Å². The van der Waals surface area contributed by atoms with Crippen molar-refractivity contribution in [3.8, 4) is 0 Å². The molecule has 0 radical (unpaired) electrons. The maximum atomic E-state index is 5.18. The summed E-state index contributed by atoms with van der Waals surface area (Å²) in [6.45, 7) is 6.17. The van der Waals surface area contributed by atoms with E-state index < -0.39 is 0 Å². The van der Waals surface area contributed by atoms with Crippen LogP contribution in [0.4, 0.5) is 5.82 Å². The van der Waals surface area contributed by atoms with Crippen molar-refractivity contribution in [2.45, 2.75) is 26.8 Å². The molecule has 1 N–H and O–H groups in total. The lowest BCUT2D eigenvalue weighted by atomic mass is 10.0. The summed E-state index contributed by atoms with van der Waals surface area (Å²) >= 11 is 0. The predicted octanol–water partition coefficient (Wildman–Crippen LogP) is 2.47. The Bertz CT molecular complexity index is 760. The van der Waals surface area contributed by atoms with Gasteiger partial charge >= 0.3 is 0 Å². The molecule has 3 rings (SSSR count). The van der Waals surface area contributed by atoms with Crippen molar-refractivity contribution in [3.63, 3.8) is 0 Å². The molecule has 0 spiro atoms. The number of aromatic nitrogens is 5. The molecule has 0 saturated carbocycles. The van der Waals surface area contributed by atoms with Gasteiger partial charge in [0.25, 0.3) is 5.71 Å². The molecular weight excluding hydrogens is 268 g/mol. The number of hydrogen-bond donors (Lipinski definition) is 1. The van der Waals surface area contributed by atoms with Crippen molar-refractivity contribution in [3.05, 3.63) is 30.2 Å². The molecule has 0 unspecified atom stereocenters. The van der Waals surface area contributed by atoms with Gasteiger partial charge in [0.2, 0.25) is 0 Å². The van der Waals surface area contributed by atoms with Gasteiger partial charge in [-0.05, 0) is 12.8 Å². The zero-order valence-corrected chi connectivity index (χ0v) is 12.5. The van der Waals surface area contributed by atoms with E-state index in [9.17, 15) is 0 Å². The third kappa shape index (κ3) is 2.35. The largest absolute Gasteiger partial charge is 0.359 e. The van der Waals surface area contributed by atoms with Gasteiger partial charge in [-0.3, -0.25) is 0 Å². The number of rotatable bonds is 4. The normalized spacial score (nSPS) is 13.0. The monoisotopic (exact) mass is 286 g/mol. The molecule has 1 atom stereocenters. The third-order valence-electron chi connectivity index (χ3n) is 3.54. The highest BCUT2D eigenvalue weighted by molar-refractivity contribution is 5.87. The van der Waals surface area contributed by atoms with Gasteiger partial charge in [0.1, 0.15) is 23.4 Å². The minimum atomic E-state index is 0.0393. The molecule has 0 aliphatic heterocycles. The summed E-state index contributed by atoms with van der Waals surface area (Å²) in [5.41, 5.74) is 1.27. The highest BCUT2D eigenvalue weighted by Gasteiger charge is 2.22. The summed E-state index contributed by atoms with van der Waals surface area (Å²) < 4.78 is 7.19. The first kappa shape index (κ1) is 13.5. The van der Waals surface area contributed by atoms with Crippen molar-refractivity contribution < 1.29 is 4.52 Å². The number of nitrogens with one attached hydrogen (secondary N) is 1. The van der Waals surface area contributed by atoms with Crippen LogP contribution in [0.3, 0.4) is 0 Å². The minimum Gasteiger partial charge on any atom is -0.359 e. The Morgan fingerprint density at radius 3 is 2.71 bits per heavy atom. The van der Waals surface area contributed by atoms with Crippen molar-refractivity contribution >= 4 is 16.9 Å². The Morgan fingerprint density at radius 2 is 2.05 bits per heavy atom. The average Bonchev–Trinajstić information content (AvgIpc) is 3.03. The van der Waals surface area contributed by atoms with E-state index >= 15 is 0 Å². The fraction of sp³-hybridized carbons (Fsp3) is 0.429. The Morgan fingerprint density at radius 1 is 1.24 bits per heavy atom. The summed E-state index contributed by atoms with van der Waals surface area (Å²) in [5.74, 6) is 2.03. The van der Waals surface area contributed by atoms with Gasteiger partial charge in [-0.1, -0.05) is 19.0 Å². The van der Waals surface area contributed by atoms with Crippen LogP contribution in [0.25, 0.3) is 11.1 Å². The van der Waals surface area contributed by atoms with Gasteiger partial charge in [0.05, 0.1) is 11.7 Å². The van der Waals surface area contributed by atoms with E-state index in [0.29, 0.717) is 11.6 Å². The molecule has 3 aromatic rings. The zero-order chi connectivity index (χ0) is 15.0. The highest BCUT2D eigenvalue weighted by Crippen LogP contribution is 2.29. The van der Waals surface area contributed by atoms with E-state index in [1.54, 1.807) is 6.20 Å². The summed E-state index contributed by atoms with van der Waals surface area (Å²) in [4.78, 5) is 12.9. The maximum Gasteiger partial charge on any atom is 0.263 e. The van der Waals surface area contributed by atoms with Gasteiger partial charge in [0.15, 0.2) is 0 Å². The molecule has 3 heterocycles. The Hall–Kier alpha value is -2.44. The molecule has 7 heteroatoms. The Balaban J connectivity index is 2.03. The van der Waals surface area contributed by atoms with E-state index in [2.05, 4.69) is 39.3 Å². The van der Waals surface area contributed by atoms with Crippen molar-refractivity contribution in [1.29, 1.82) is 0 Å². The third-order valence-corrected chi connectivity index (χ3v) is 3.54. The van der Waals surface area contributed by atoms with Crippen LogP contribution in [0.5, 0.6) is 0 Å². The van der Waals surface area contributed by atoms with Crippen molar-refractivity contribution in [2.75, 3.05) is 5.32 Å². The molecule has 0 saturated heterocycles. The molecule has 3 aromatic heterocycles. The van der Waals surface area contributed by atoms with Gasteiger partial charge < -0.3 is 14.4 Å². The lowest BCUT2D eigenvalue weighted by molar-refractivity contribution is 0.442. The molecule has 0 aliphatic carbocycles. The average molecular weight is 286 g/mol. The van der Waals surface area contributed by atoms with Crippen LogP contribution in [0.15, 0.2) is 23.2 Å². The second-order valence-corrected chi connectivity index (χ2v) is 5.43. The number of hydrogen-bond acceptors (Lipinski definition) is 6. The lowest BCUT2D eigenvalue weighted by Gasteiger charge is -2.22. The van der Waals surface area contributed by atoms with E-state index in [1.807, 2.05) is 24.7 Å². The van der Waals surface area contributed by atoms with Crippen LogP contribution in [-0.2, 0) is 7.05 Å². The Labute approximate surface area is 122 Å². The zero-order valence-electron chi connectivity index (χ0n) is 12.5. The minimum absolute atomic E-state index is 0.0393. The van der Waals surface area contributed by atoms with Crippen LogP contribution >= 0.6 is 0 Å². The van der Waals surface area contributed by atoms with E-state index in [4.69, 9.17) is 4.52 Å². The molecule has 110 valence electrons. The summed E-state index contributed by atoms with van der Waals surface area (Å²) in [5, 5.41) is 8.22. The fourth-order valence-corrected chi connectivity index (χ4v) is 2.39. The van der Waals surface area contributed by atoms with Crippen molar-refractivity contribution in [1.82, 2.24) is 24.7 Å². The SMILES string of the molecule is Cc1noc2ncnc(N[C@H](c3nccn3C)C(C)C)c12. The molecule has 0 amide bonds. The van der Waals surface area contributed by atoms with Gasteiger partial charge in [-0.15, -0.1) is 0 Å². The van der Waals surface area contributed by atoms with Gasteiger partial charge in [0, 0.05) is 19.4 Å². The molecule has 21 heavy (non-hydrogen) atoms. The smallest absolute Gasteiger partial charge is 0.263 e. The van der Waals surface area contributed by atoms with Crippen LogP contribution in [0.2, 0.25) is 0 Å². The van der Waals surface area contributed by atoms with E-state index in [0.717, 1.165) is 22.7 Å². The Kier molecular flexibility index (Phi) is 3.32. The van der Waals surface area contributed by atoms with Gasteiger partial charge in [-0.25, -0.2) is 9.97 Å². The van der Waals surface area contributed by atoms with Crippen LogP contribution < -0.4 is 5.32 Å². The summed E-state index contributed by atoms with van der Waals surface area (Å²) in [6.07, 6.45) is 5.21. The van der Waals surface area contributed by atoms with Crippen LogP contribution in [0.1, 0.15) is 31.4 Å². The van der Waals surface area contributed by atoms with E-state index in [-0.39, 0.29) is 6.04 Å². The number of imidazole rings is 1. The first-order valence-corrected chi connectivity index (χ1v) is 6.88. The van der Waals surface area contributed by atoms with Crippen LogP contribution in [-0.4, -0.2) is 24.7 Å². The first-order chi connectivity index (χ1) is 10.1.